The third-order valence-electron chi connectivity index (χ3n) is 2.18. The van der Waals surface area contributed by atoms with E-state index in [1.807, 2.05) is 18.4 Å². The molecule has 0 aliphatic rings. The molecule has 0 bridgehead atoms. The molecular weight excluding hydrogens is 166 g/mol. The monoisotopic (exact) mass is 183 g/mol. The third-order valence-corrected chi connectivity index (χ3v) is 3.43. The normalized spacial score (nSPS) is 13.2. The highest BCUT2D eigenvalue weighted by Crippen LogP contribution is 2.27. The summed E-state index contributed by atoms with van der Waals surface area (Å²) in [6.07, 6.45) is 1.23. The Bertz CT molecular complexity index is 229. The first-order chi connectivity index (χ1) is 5.75. The fraction of sp³-hybridized carbons (Fsp3) is 0.600. The molecule has 0 saturated heterocycles. The van der Waals surface area contributed by atoms with E-state index in [1.165, 1.54) is 12.0 Å². The summed E-state index contributed by atoms with van der Waals surface area (Å²) >= 11 is 1.88. The molecular formula is C10H17NS. The number of nitrogens with one attached hydrogen (secondary N) is 1. The van der Waals surface area contributed by atoms with E-state index >= 15 is 0 Å². The van der Waals surface area contributed by atoms with Crippen LogP contribution in [0.2, 0.25) is 0 Å². The minimum Gasteiger partial charge on any atom is -0.320 e. The summed E-state index contributed by atoms with van der Waals surface area (Å²) in [5.74, 6) is 0.706. The number of hydrogen-bond donors (Lipinski definition) is 1. The van der Waals surface area contributed by atoms with Gasteiger partial charge in [0.25, 0.3) is 0 Å². The Balaban J connectivity index is 2.52. The molecule has 68 valence electrons. The van der Waals surface area contributed by atoms with E-state index in [9.17, 15) is 0 Å². The fourth-order valence-corrected chi connectivity index (χ4v) is 2.40. The van der Waals surface area contributed by atoms with Crippen molar-refractivity contribution in [3.8, 4) is 0 Å². The molecule has 1 nitrogen and oxygen atoms in total. The van der Waals surface area contributed by atoms with E-state index in [0.717, 1.165) is 6.54 Å². The van der Waals surface area contributed by atoms with Gasteiger partial charge in [0, 0.05) is 4.88 Å². The van der Waals surface area contributed by atoms with Crippen molar-refractivity contribution in [3.63, 3.8) is 0 Å². The topological polar surface area (TPSA) is 12.0 Å². The van der Waals surface area contributed by atoms with Gasteiger partial charge >= 0.3 is 0 Å². The lowest BCUT2D eigenvalue weighted by molar-refractivity contribution is 0.642. The molecule has 0 saturated carbocycles. The molecule has 0 aliphatic heterocycles. The molecule has 2 heteroatoms. The van der Waals surface area contributed by atoms with Gasteiger partial charge in [0.05, 0.1) is 0 Å². The Labute approximate surface area is 78.8 Å². The van der Waals surface area contributed by atoms with Gasteiger partial charge in [0.15, 0.2) is 0 Å². The Hall–Kier alpha value is -0.340. The highest BCUT2D eigenvalue weighted by Gasteiger charge is 2.08. The van der Waals surface area contributed by atoms with Crippen molar-refractivity contribution in [2.24, 2.45) is 0 Å². The molecule has 1 heterocycles. The maximum absolute atomic E-state index is 3.18. The van der Waals surface area contributed by atoms with Gasteiger partial charge in [-0.3, -0.25) is 0 Å². The predicted octanol–water partition coefficient (Wildman–Crippen LogP) is 2.77. The Kier molecular flexibility index (Phi) is 3.76. The second kappa shape index (κ2) is 4.63. The fourth-order valence-electron chi connectivity index (χ4n) is 1.38. The molecule has 1 aromatic rings. The van der Waals surface area contributed by atoms with Crippen molar-refractivity contribution in [1.82, 2.24) is 5.32 Å². The number of thiophene rings is 1. The number of aryl methyl sites for hydroxylation is 1. The van der Waals surface area contributed by atoms with Crippen LogP contribution in [-0.2, 0) is 0 Å². The van der Waals surface area contributed by atoms with Crippen LogP contribution in [0.25, 0.3) is 0 Å². The van der Waals surface area contributed by atoms with Crippen LogP contribution < -0.4 is 5.32 Å². The molecule has 1 aromatic heterocycles. The van der Waals surface area contributed by atoms with E-state index < -0.39 is 0 Å². The van der Waals surface area contributed by atoms with Gasteiger partial charge in [0.2, 0.25) is 0 Å². The first kappa shape index (κ1) is 9.75. The van der Waals surface area contributed by atoms with Crippen molar-refractivity contribution in [2.75, 3.05) is 13.6 Å². The summed E-state index contributed by atoms with van der Waals surface area (Å²) < 4.78 is 0. The molecule has 0 fully saturated rings. The van der Waals surface area contributed by atoms with Crippen molar-refractivity contribution in [1.29, 1.82) is 0 Å². The lowest BCUT2D eigenvalue weighted by atomic mass is 10.0. The standard InChI is InChI=1S/C10H17NS/c1-8(4-6-11-3)10-9(2)5-7-12-10/h5,7-8,11H,4,6H2,1-3H3. The van der Waals surface area contributed by atoms with E-state index in [0.29, 0.717) is 5.92 Å². The second-order valence-corrected chi connectivity index (χ2v) is 4.21. The van der Waals surface area contributed by atoms with Crippen LogP contribution in [0, 0.1) is 6.92 Å². The van der Waals surface area contributed by atoms with Crippen molar-refractivity contribution >= 4 is 11.3 Å². The Morgan fingerprint density at radius 1 is 1.58 bits per heavy atom. The zero-order chi connectivity index (χ0) is 8.97. The van der Waals surface area contributed by atoms with Gasteiger partial charge < -0.3 is 5.32 Å². The molecule has 1 rings (SSSR count). The van der Waals surface area contributed by atoms with Gasteiger partial charge in [-0.05, 0) is 49.9 Å². The zero-order valence-electron chi connectivity index (χ0n) is 8.05. The summed E-state index contributed by atoms with van der Waals surface area (Å²) in [5.41, 5.74) is 1.45. The first-order valence-corrected chi connectivity index (χ1v) is 5.32. The van der Waals surface area contributed by atoms with Crippen LogP contribution >= 0.6 is 11.3 Å². The molecule has 1 atom stereocenters. The third kappa shape index (κ3) is 2.32. The van der Waals surface area contributed by atoms with Crippen molar-refractivity contribution in [2.45, 2.75) is 26.2 Å². The second-order valence-electron chi connectivity index (χ2n) is 3.26. The van der Waals surface area contributed by atoms with Crippen LogP contribution in [0.5, 0.6) is 0 Å². The largest absolute Gasteiger partial charge is 0.320 e. The maximum Gasteiger partial charge on any atom is 0.0103 e. The van der Waals surface area contributed by atoms with Crippen molar-refractivity contribution in [3.05, 3.63) is 21.9 Å². The summed E-state index contributed by atoms with van der Waals surface area (Å²) in [6.45, 7) is 5.61. The van der Waals surface area contributed by atoms with Gasteiger partial charge in [-0.1, -0.05) is 6.92 Å². The van der Waals surface area contributed by atoms with Crippen LogP contribution in [0.4, 0.5) is 0 Å². The SMILES string of the molecule is CNCCC(C)c1sccc1C. The number of rotatable bonds is 4. The molecule has 0 radical (unpaired) electrons. The predicted molar refractivity (Wildman–Crippen MR) is 56.0 cm³/mol. The van der Waals surface area contributed by atoms with Crippen LogP contribution in [0.15, 0.2) is 11.4 Å². The van der Waals surface area contributed by atoms with E-state index in [-0.39, 0.29) is 0 Å². The highest BCUT2D eigenvalue weighted by molar-refractivity contribution is 7.10. The maximum atomic E-state index is 3.18. The van der Waals surface area contributed by atoms with Gasteiger partial charge in [-0.15, -0.1) is 11.3 Å². The van der Waals surface area contributed by atoms with Gasteiger partial charge in [-0.2, -0.15) is 0 Å². The molecule has 0 spiro atoms. The van der Waals surface area contributed by atoms with E-state index in [4.69, 9.17) is 0 Å². The molecule has 12 heavy (non-hydrogen) atoms. The Morgan fingerprint density at radius 3 is 2.83 bits per heavy atom. The molecule has 1 unspecified atom stereocenters. The molecule has 0 aliphatic carbocycles. The average Bonchev–Trinajstić information content (AvgIpc) is 2.47. The molecule has 1 N–H and O–H groups in total. The zero-order valence-corrected chi connectivity index (χ0v) is 8.87. The van der Waals surface area contributed by atoms with E-state index in [2.05, 4.69) is 30.6 Å². The Morgan fingerprint density at radius 2 is 2.33 bits per heavy atom. The highest BCUT2D eigenvalue weighted by atomic mass is 32.1. The summed E-state index contributed by atoms with van der Waals surface area (Å²) in [4.78, 5) is 1.55. The van der Waals surface area contributed by atoms with Crippen molar-refractivity contribution < 1.29 is 0 Å². The quantitative estimate of drug-likeness (QED) is 0.757. The average molecular weight is 183 g/mol. The first-order valence-electron chi connectivity index (χ1n) is 4.44. The summed E-state index contributed by atoms with van der Waals surface area (Å²) in [7, 11) is 2.01. The van der Waals surface area contributed by atoms with Crippen LogP contribution in [-0.4, -0.2) is 13.6 Å². The van der Waals surface area contributed by atoms with E-state index in [1.54, 1.807) is 4.88 Å². The minimum atomic E-state index is 0.706. The summed E-state index contributed by atoms with van der Waals surface area (Å²) in [5, 5.41) is 5.37. The van der Waals surface area contributed by atoms with Gasteiger partial charge in [0.1, 0.15) is 0 Å². The minimum absolute atomic E-state index is 0.706. The lowest BCUT2D eigenvalue weighted by Gasteiger charge is -2.09. The smallest absolute Gasteiger partial charge is 0.0103 e. The summed E-state index contributed by atoms with van der Waals surface area (Å²) in [6, 6.07) is 2.20. The van der Waals surface area contributed by atoms with Gasteiger partial charge in [-0.25, -0.2) is 0 Å². The lowest BCUT2D eigenvalue weighted by Crippen LogP contribution is -2.10. The van der Waals surface area contributed by atoms with Crippen LogP contribution in [0.3, 0.4) is 0 Å². The molecule has 0 amide bonds. The number of hydrogen-bond acceptors (Lipinski definition) is 2. The van der Waals surface area contributed by atoms with Crippen LogP contribution in [0.1, 0.15) is 29.7 Å². The molecule has 0 aromatic carbocycles.